The van der Waals surface area contributed by atoms with Gasteiger partial charge in [0.15, 0.2) is 5.96 Å². The molecule has 1 heterocycles. The Bertz CT molecular complexity index is 355. The SMILES string of the molecule is CN=C(NCCNC(C)(C)C)N1CCC(C(=O)OC)CC1. The average molecular weight is 298 g/mol. The van der Waals surface area contributed by atoms with Gasteiger partial charge in [0.1, 0.15) is 0 Å². The minimum Gasteiger partial charge on any atom is -0.469 e. The maximum atomic E-state index is 11.5. The molecule has 0 unspecified atom stereocenters. The van der Waals surface area contributed by atoms with Crippen molar-refractivity contribution in [3.05, 3.63) is 0 Å². The number of hydrogen-bond acceptors (Lipinski definition) is 4. The predicted molar refractivity (Wildman–Crippen MR) is 85.4 cm³/mol. The maximum Gasteiger partial charge on any atom is 0.308 e. The highest BCUT2D eigenvalue weighted by atomic mass is 16.5. The van der Waals surface area contributed by atoms with E-state index in [9.17, 15) is 4.79 Å². The van der Waals surface area contributed by atoms with Gasteiger partial charge in [0.2, 0.25) is 0 Å². The van der Waals surface area contributed by atoms with E-state index in [0.717, 1.165) is 45.0 Å². The Labute approximate surface area is 128 Å². The van der Waals surface area contributed by atoms with Crippen LogP contribution in [0.4, 0.5) is 0 Å². The molecule has 122 valence electrons. The van der Waals surface area contributed by atoms with Gasteiger partial charge < -0.3 is 20.3 Å². The van der Waals surface area contributed by atoms with Gasteiger partial charge in [0, 0.05) is 38.8 Å². The average Bonchev–Trinajstić information content (AvgIpc) is 2.46. The molecule has 0 spiro atoms. The Morgan fingerprint density at radius 1 is 1.29 bits per heavy atom. The molecule has 21 heavy (non-hydrogen) atoms. The van der Waals surface area contributed by atoms with E-state index in [1.165, 1.54) is 7.11 Å². The van der Waals surface area contributed by atoms with Crippen molar-refractivity contribution >= 4 is 11.9 Å². The number of hydrogen-bond donors (Lipinski definition) is 2. The lowest BCUT2D eigenvalue weighted by molar-refractivity contribution is -0.146. The summed E-state index contributed by atoms with van der Waals surface area (Å²) in [5.41, 5.74) is 0.129. The molecular formula is C15H30N4O2. The van der Waals surface area contributed by atoms with Crippen LogP contribution in [-0.4, -0.2) is 62.7 Å². The molecule has 1 saturated heterocycles. The number of esters is 1. The smallest absolute Gasteiger partial charge is 0.308 e. The zero-order valence-electron chi connectivity index (χ0n) is 14.0. The topological polar surface area (TPSA) is 66.0 Å². The third kappa shape index (κ3) is 6.33. The number of carbonyl (C=O) groups excluding carboxylic acids is 1. The van der Waals surface area contributed by atoms with Crippen molar-refractivity contribution in [3.8, 4) is 0 Å². The Morgan fingerprint density at radius 2 is 1.90 bits per heavy atom. The van der Waals surface area contributed by atoms with E-state index >= 15 is 0 Å². The number of guanidine groups is 1. The molecule has 0 saturated carbocycles. The van der Waals surface area contributed by atoms with Gasteiger partial charge in [-0.05, 0) is 33.6 Å². The highest BCUT2D eigenvalue weighted by Crippen LogP contribution is 2.18. The fourth-order valence-corrected chi connectivity index (χ4v) is 2.44. The van der Waals surface area contributed by atoms with Crippen LogP contribution < -0.4 is 10.6 Å². The lowest BCUT2D eigenvalue weighted by Crippen LogP contribution is -2.49. The fraction of sp³-hybridized carbons (Fsp3) is 0.867. The molecule has 0 bridgehead atoms. The number of piperidine rings is 1. The first-order chi connectivity index (χ1) is 9.87. The molecule has 1 fully saturated rings. The molecule has 0 atom stereocenters. The van der Waals surface area contributed by atoms with E-state index in [-0.39, 0.29) is 17.4 Å². The number of nitrogens with one attached hydrogen (secondary N) is 2. The van der Waals surface area contributed by atoms with Crippen LogP contribution in [0.2, 0.25) is 0 Å². The number of nitrogens with zero attached hydrogens (tertiary/aromatic N) is 2. The normalized spacial score (nSPS) is 17.8. The van der Waals surface area contributed by atoms with E-state index in [1.807, 2.05) is 0 Å². The molecule has 0 aliphatic carbocycles. The lowest BCUT2D eigenvalue weighted by atomic mass is 9.97. The molecule has 1 aliphatic heterocycles. The monoisotopic (exact) mass is 298 g/mol. The predicted octanol–water partition coefficient (Wildman–Crippen LogP) is 0.835. The Balaban J connectivity index is 2.33. The molecule has 0 aromatic carbocycles. The minimum absolute atomic E-state index is 0.0342. The molecule has 1 aliphatic rings. The maximum absolute atomic E-state index is 11.5. The minimum atomic E-state index is -0.0908. The molecule has 6 nitrogen and oxygen atoms in total. The third-order valence-electron chi connectivity index (χ3n) is 3.60. The van der Waals surface area contributed by atoms with Gasteiger partial charge in [0.05, 0.1) is 13.0 Å². The number of carbonyl (C=O) groups is 1. The number of ether oxygens (including phenoxy) is 1. The summed E-state index contributed by atoms with van der Waals surface area (Å²) in [6.45, 7) is 9.86. The van der Waals surface area contributed by atoms with Gasteiger partial charge in [-0.15, -0.1) is 0 Å². The zero-order valence-corrected chi connectivity index (χ0v) is 14.0. The van der Waals surface area contributed by atoms with Crippen LogP contribution in [-0.2, 0) is 9.53 Å². The van der Waals surface area contributed by atoms with Crippen molar-refractivity contribution in [1.29, 1.82) is 0 Å². The van der Waals surface area contributed by atoms with Gasteiger partial charge in [0.25, 0.3) is 0 Å². The van der Waals surface area contributed by atoms with Crippen molar-refractivity contribution in [2.24, 2.45) is 10.9 Å². The first-order valence-electron chi connectivity index (χ1n) is 7.66. The lowest BCUT2D eigenvalue weighted by Gasteiger charge is -2.33. The van der Waals surface area contributed by atoms with E-state index in [2.05, 4.69) is 41.3 Å². The molecule has 6 heteroatoms. The quantitative estimate of drug-likeness (QED) is 0.348. The highest BCUT2D eigenvalue weighted by Gasteiger charge is 2.26. The van der Waals surface area contributed by atoms with Crippen molar-refractivity contribution in [2.75, 3.05) is 40.3 Å². The van der Waals surface area contributed by atoms with Crippen LogP contribution in [0.3, 0.4) is 0 Å². The highest BCUT2D eigenvalue weighted by molar-refractivity contribution is 5.80. The fourth-order valence-electron chi connectivity index (χ4n) is 2.44. The van der Waals surface area contributed by atoms with E-state index < -0.39 is 0 Å². The van der Waals surface area contributed by atoms with Crippen molar-refractivity contribution in [1.82, 2.24) is 15.5 Å². The van der Waals surface area contributed by atoms with Gasteiger partial charge in [-0.1, -0.05) is 0 Å². The summed E-state index contributed by atoms with van der Waals surface area (Å²) in [4.78, 5) is 18.1. The van der Waals surface area contributed by atoms with Crippen molar-refractivity contribution in [2.45, 2.75) is 39.2 Å². The van der Waals surface area contributed by atoms with E-state index in [4.69, 9.17) is 4.74 Å². The molecule has 0 amide bonds. The molecule has 0 radical (unpaired) electrons. The van der Waals surface area contributed by atoms with Crippen LogP contribution in [0.25, 0.3) is 0 Å². The van der Waals surface area contributed by atoms with E-state index in [0.29, 0.717) is 0 Å². The number of methoxy groups -OCH3 is 1. The summed E-state index contributed by atoms with van der Waals surface area (Å²) >= 11 is 0. The Hall–Kier alpha value is -1.30. The molecule has 0 aromatic heterocycles. The second-order valence-corrected chi connectivity index (χ2v) is 6.44. The van der Waals surface area contributed by atoms with Gasteiger partial charge in [-0.2, -0.15) is 0 Å². The first-order valence-corrected chi connectivity index (χ1v) is 7.66. The largest absolute Gasteiger partial charge is 0.469 e. The van der Waals surface area contributed by atoms with Gasteiger partial charge >= 0.3 is 5.97 Å². The van der Waals surface area contributed by atoms with Crippen molar-refractivity contribution in [3.63, 3.8) is 0 Å². The molecule has 0 aromatic rings. The third-order valence-corrected chi connectivity index (χ3v) is 3.60. The summed E-state index contributed by atoms with van der Waals surface area (Å²) in [7, 11) is 3.25. The summed E-state index contributed by atoms with van der Waals surface area (Å²) in [6, 6.07) is 0. The summed E-state index contributed by atoms with van der Waals surface area (Å²) in [5, 5.41) is 6.80. The van der Waals surface area contributed by atoms with E-state index in [1.54, 1.807) is 7.05 Å². The standard InChI is InChI=1S/C15H30N4O2/c1-15(2,3)18-9-8-17-14(16-4)19-10-6-12(7-11-19)13(20)21-5/h12,18H,6-11H2,1-5H3,(H,16,17). The Kier molecular flexibility index (Phi) is 6.95. The van der Waals surface area contributed by atoms with Crippen LogP contribution in [0.15, 0.2) is 4.99 Å². The number of likely N-dealkylation sites (tertiary alicyclic amines) is 1. The zero-order chi connectivity index (χ0) is 15.9. The summed E-state index contributed by atoms with van der Waals surface area (Å²) in [6.07, 6.45) is 1.65. The molecule has 1 rings (SSSR count). The summed E-state index contributed by atoms with van der Waals surface area (Å²) < 4.78 is 4.81. The number of aliphatic imine (C=N–C) groups is 1. The summed E-state index contributed by atoms with van der Waals surface area (Å²) in [5.74, 6) is 0.855. The van der Waals surface area contributed by atoms with Gasteiger partial charge in [-0.25, -0.2) is 0 Å². The van der Waals surface area contributed by atoms with Crippen LogP contribution in [0.5, 0.6) is 0 Å². The van der Waals surface area contributed by atoms with Crippen LogP contribution in [0.1, 0.15) is 33.6 Å². The first kappa shape index (κ1) is 17.8. The second kappa shape index (κ2) is 8.22. The van der Waals surface area contributed by atoms with Gasteiger partial charge in [-0.3, -0.25) is 9.79 Å². The molecule has 2 N–H and O–H groups in total. The Morgan fingerprint density at radius 3 is 2.38 bits per heavy atom. The number of rotatable bonds is 4. The van der Waals surface area contributed by atoms with Crippen LogP contribution >= 0.6 is 0 Å². The second-order valence-electron chi connectivity index (χ2n) is 6.44. The van der Waals surface area contributed by atoms with Crippen LogP contribution in [0, 0.1) is 5.92 Å². The molecular weight excluding hydrogens is 268 g/mol. The van der Waals surface area contributed by atoms with Crippen molar-refractivity contribution < 1.29 is 9.53 Å².